The largest absolute Gasteiger partial charge is 0.379 e. The Morgan fingerprint density at radius 1 is 1.39 bits per heavy atom. The Labute approximate surface area is 110 Å². The van der Waals surface area contributed by atoms with E-state index in [0.717, 1.165) is 25.7 Å². The highest BCUT2D eigenvalue weighted by Gasteiger charge is 2.21. The summed E-state index contributed by atoms with van der Waals surface area (Å²) in [5.41, 5.74) is 9.48. The van der Waals surface area contributed by atoms with Gasteiger partial charge in [-0.1, -0.05) is 12.1 Å². The second kappa shape index (κ2) is 6.21. The van der Waals surface area contributed by atoms with Gasteiger partial charge in [-0.05, 0) is 42.9 Å². The van der Waals surface area contributed by atoms with Gasteiger partial charge >= 0.3 is 0 Å². The maximum atomic E-state index is 5.78. The van der Waals surface area contributed by atoms with Crippen molar-refractivity contribution >= 4 is 5.69 Å². The van der Waals surface area contributed by atoms with E-state index in [1.165, 1.54) is 29.7 Å². The zero-order chi connectivity index (χ0) is 13.0. The molecular weight excluding hydrogens is 224 g/mol. The summed E-state index contributed by atoms with van der Waals surface area (Å²) in [6.07, 6.45) is 2.70. The summed E-state index contributed by atoms with van der Waals surface area (Å²) in [5, 5.41) is 0. The summed E-state index contributed by atoms with van der Waals surface area (Å²) in [6.45, 7) is 5.35. The Morgan fingerprint density at radius 3 is 2.83 bits per heavy atom. The zero-order valence-electron chi connectivity index (χ0n) is 11.5. The SMILES string of the molecule is Cc1ccc(CN)c(N(C)CCOCC2CC2)c1. The van der Waals surface area contributed by atoms with Crippen LogP contribution in [0.1, 0.15) is 24.0 Å². The first-order valence-electron chi connectivity index (χ1n) is 6.79. The van der Waals surface area contributed by atoms with Gasteiger partial charge < -0.3 is 15.4 Å². The van der Waals surface area contributed by atoms with Crippen molar-refractivity contribution in [2.45, 2.75) is 26.3 Å². The number of benzene rings is 1. The fraction of sp³-hybridized carbons (Fsp3) is 0.600. The van der Waals surface area contributed by atoms with Crippen LogP contribution in [0.15, 0.2) is 18.2 Å². The molecule has 0 aromatic heterocycles. The topological polar surface area (TPSA) is 38.5 Å². The average Bonchev–Trinajstić information content (AvgIpc) is 3.18. The van der Waals surface area contributed by atoms with Crippen molar-refractivity contribution < 1.29 is 4.74 Å². The summed E-state index contributed by atoms with van der Waals surface area (Å²) >= 11 is 0. The molecule has 3 heteroatoms. The number of ether oxygens (including phenoxy) is 1. The summed E-state index contributed by atoms with van der Waals surface area (Å²) in [6, 6.07) is 6.43. The number of nitrogens with zero attached hydrogens (tertiary/aromatic N) is 1. The molecule has 1 saturated carbocycles. The van der Waals surface area contributed by atoms with E-state index >= 15 is 0 Å². The van der Waals surface area contributed by atoms with Gasteiger partial charge in [-0.3, -0.25) is 0 Å². The van der Waals surface area contributed by atoms with E-state index in [0.29, 0.717) is 6.54 Å². The molecular formula is C15H24N2O. The Hall–Kier alpha value is -1.06. The van der Waals surface area contributed by atoms with Crippen molar-refractivity contribution in [3.63, 3.8) is 0 Å². The third-order valence-corrected chi connectivity index (χ3v) is 3.49. The molecule has 2 rings (SSSR count). The fourth-order valence-corrected chi connectivity index (χ4v) is 2.06. The van der Waals surface area contributed by atoms with E-state index in [1.54, 1.807) is 0 Å². The molecule has 0 spiro atoms. The summed E-state index contributed by atoms with van der Waals surface area (Å²) in [5.74, 6) is 0.842. The molecule has 1 aliphatic carbocycles. The molecule has 0 bridgehead atoms. The molecule has 0 heterocycles. The van der Waals surface area contributed by atoms with Crippen LogP contribution in [-0.2, 0) is 11.3 Å². The lowest BCUT2D eigenvalue weighted by Crippen LogP contribution is -2.24. The molecule has 1 fully saturated rings. The number of hydrogen-bond donors (Lipinski definition) is 1. The highest BCUT2D eigenvalue weighted by atomic mass is 16.5. The molecule has 100 valence electrons. The number of nitrogens with two attached hydrogens (primary N) is 1. The average molecular weight is 248 g/mol. The Balaban J connectivity index is 1.85. The van der Waals surface area contributed by atoms with Crippen LogP contribution in [0.3, 0.4) is 0 Å². The summed E-state index contributed by atoms with van der Waals surface area (Å²) in [4.78, 5) is 2.24. The van der Waals surface area contributed by atoms with E-state index in [9.17, 15) is 0 Å². The molecule has 1 aromatic rings. The van der Waals surface area contributed by atoms with Crippen LogP contribution in [0.4, 0.5) is 5.69 Å². The highest BCUT2D eigenvalue weighted by Crippen LogP contribution is 2.28. The lowest BCUT2D eigenvalue weighted by Gasteiger charge is -2.22. The predicted molar refractivity (Wildman–Crippen MR) is 75.9 cm³/mol. The maximum absolute atomic E-state index is 5.78. The van der Waals surface area contributed by atoms with E-state index in [1.807, 2.05) is 0 Å². The first kappa shape index (κ1) is 13.4. The number of anilines is 1. The van der Waals surface area contributed by atoms with E-state index in [2.05, 4.69) is 37.1 Å². The molecule has 1 aromatic carbocycles. The van der Waals surface area contributed by atoms with Crippen LogP contribution in [0.2, 0.25) is 0 Å². The Morgan fingerprint density at radius 2 is 2.17 bits per heavy atom. The fourth-order valence-electron chi connectivity index (χ4n) is 2.06. The monoisotopic (exact) mass is 248 g/mol. The molecule has 0 amide bonds. The smallest absolute Gasteiger partial charge is 0.0641 e. The van der Waals surface area contributed by atoms with Gasteiger partial charge in [-0.15, -0.1) is 0 Å². The van der Waals surface area contributed by atoms with Gasteiger partial charge in [-0.2, -0.15) is 0 Å². The standard InChI is InChI=1S/C15H24N2O/c1-12-3-6-14(10-16)15(9-12)17(2)7-8-18-11-13-4-5-13/h3,6,9,13H,4-5,7-8,10-11,16H2,1-2H3. The second-order valence-corrected chi connectivity index (χ2v) is 5.28. The zero-order valence-corrected chi connectivity index (χ0v) is 11.5. The van der Waals surface area contributed by atoms with E-state index in [-0.39, 0.29) is 0 Å². The molecule has 0 aliphatic heterocycles. The summed E-state index contributed by atoms with van der Waals surface area (Å²) in [7, 11) is 2.11. The van der Waals surface area contributed by atoms with Gasteiger partial charge in [0.1, 0.15) is 0 Å². The molecule has 0 radical (unpaired) electrons. The molecule has 0 saturated heterocycles. The number of aryl methyl sites for hydroxylation is 1. The number of hydrogen-bond acceptors (Lipinski definition) is 3. The van der Waals surface area contributed by atoms with Crippen LogP contribution >= 0.6 is 0 Å². The van der Waals surface area contributed by atoms with Crippen molar-refractivity contribution in [1.82, 2.24) is 0 Å². The summed E-state index contributed by atoms with van der Waals surface area (Å²) < 4.78 is 5.68. The third kappa shape index (κ3) is 3.72. The van der Waals surface area contributed by atoms with E-state index < -0.39 is 0 Å². The highest BCUT2D eigenvalue weighted by molar-refractivity contribution is 5.54. The lowest BCUT2D eigenvalue weighted by atomic mass is 10.1. The normalized spacial score (nSPS) is 14.8. The molecule has 3 nitrogen and oxygen atoms in total. The Bertz CT molecular complexity index is 388. The molecule has 0 unspecified atom stereocenters. The minimum Gasteiger partial charge on any atom is -0.379 e. The molecule has 0 atom stereocenters. The second-order valence-electron chi connectivity index (χ2n) is 5.28. The van der Waals surface area contributed by atoms with Gasteiger partial charge in [0.05, 0.1) is 6.61 Å². The van der Waals surface area contributed by atoms with Crippen LogP contribution in [-0.4, -0.2) is 26.8 Å². The van der Waals surface area contributed by atoms with Crippen molar-refractivity contribution in [3.05, 3.63) is 29.3 Å². The number of likely N-dealkylation sites (N-methyl/N-ethyl adjacent to an activating group) is 1. The minimum absolute atomic E-state index is 0.586. The van der Waals surface area contributed by atoms with Crippen molar-refractivity contribution in [2.24, 2.45) is 11.7 Å². The molecule has 1 aliphatic rings. The van der Waals surface area contributed by atoms with Crippen molar-refractivity contribution in [2.75, 3.05) is 31.7 Å². The van der Waals surface area contributed by atoms with Gasteiger partial charge in [-0.25, -0.2) is 0 Å². The van der Waals surface area contributed by atoms with Gasteiger partial charge in [0.15, 0.2) is 0 Å². The molecule has 18 heavy (non-hydrogen) atoms. The maximum Gasteiger partial charge on any atom is 0.0641 e. The molecule has 2 N–H and O–H groups in total. The van der Waals surface area contributed by atoms with Gasteiger partial charge in [0.25, 0.3) is 0 Å². The first-order chi connectivity index (χ1) is 8.70. The van der Waals surface area contributed by atoms with Crippen LogP contribution in [0.25, 0.3) is 0 Å². The van der Waals surface area contributed by atoms with E-state index in [4.69, 9.17) is 10.5 Å². The van der Waals surface area contributed by atoms with Gasteiger partial charge in [0, 0.05) is 32.4 Å². The third-order valence-electron chi connectivity index (χ3n) is 3.49. The van der Waals surface area contributed by atoms with Crippen LogP contribution in [0.5, 0.6) is 0 Å². The first-order valence-corrected chi connectivity index (χ1v) is 6.79. The van der Waals surface area contributed by atoms with Gasteiger partial charge in [0.2, 0.25) is 0 Å². The quantitative estimate of drug-likeness (QED) is 0.753. The van der Waals surface area contributed by atoms with Crippen molar-refractivity contribution in [1.29, 1.82) is 0 Å². The lowest BCUT2D eigenvalue weighted by molar-refractivity contribution is 0.131. The van der Waals surface area contributed by atoms with Crippen molar-refractivity contribution in [3.8, 4) is 0 Å². The predicted octanol–water partition coefficient (Wildman–Crippen LogP) is 2.32. The van der Waals surface area contributed by atoms with Crippen LogP contribution < -0.4 is 10.6 Å². The number of rotatable bonds is 7. The minimum atomic E-state index is 0.586. The van der Waals surface area contributed by atoms with Crippen LogP contribution in [0, 0.1) is 12.8 Å². The Kier molecular flexibility index (Phi) is 4.61.